The number of nitrogens with one attached hydrogen (secondary N) is 3. The molecule has 0 aliphatic heterocycles. The van der Waals surface area contributed by atoms with E-state index >= 15 is 0 Å². The molecule has 1 heterocycles. The lowest BCUT2D eigenvalue weighted by molar-refractivity contribution is -0.123. The number of hydrogen-bond donors (Lipinski definition) is 3. The van der Waals surface area contributed by atoms with E-state index in [-0.39, 0.29) is 17.5 Å². The Kier molecular flexibility index (Phi) is 3.19. The zero-order valence-electron chi connectivity index (χ0n) is 8.82. The third kappa shape index (κ3) is 2.59. The minimum atomic E-state index is -0.319. The van der Waals surface area contributed by atoms with Crippen LogP contribution < -0.4 is 11.0 Å². The van der Waals surface area contributed by atoms with Gasteiger partial charge in [-0.15, -0.1) is 0 Å². The quantitative estimate of drug-likeness (QED) is 0.612. The SMILES string of the molecule is O=C(NCCc1n[nH]c(=O)[nH]1)C1C=CCC1. The normalized spacial score (nSPS) is 18.9. The van der Waals surface area contributed by atoms with E-state index in [1.165, 1.54) is 0 Å². The van der Waals surface area contributed by atoms with Gasteiger partial charge in [-0.2, -0.15) is 5.10 Å². The molecule has 86 valence electrons. The van der Waals surface area contributed by atoms with Crippen molar-refractivity contribution in [3.63, 3.8) is 0 Å². The van der Waals surface area contributed by atoms with E-state index in [0.29, 0.717) is 18.8 Å². The van der Waals surface area contributed by atoms with Crippen LogP contribution in [0.1, 0.15) is 18.7 Å². The predicted molar refractivity (Wildman–Crippen MR) is 57.8 cm³/mol. The van der Waals surface area contributed by atoms with Crippen LogP contribution in [0.2, 0.25) is 0 Å². The number of aromatic nitrogens is 3. The molecule has 16 heavy (non-hydrogen) atoms. The zero-order valence-corrected chi connectivity index (χ0v) is 8.82. The summed E-state index contributed by atoms with van der Waals surface area (Å²) >= 11 is 0. The van der Waals surface area contributed by atoms with Gasteiger partial charge in [-0.25, -0.2) is 9.89 Å². The van der Waals surface area contributed by atoms with Crippen LogP contribution in [0.4, 0.5) is 0 Å². The molecule has 1 aliphatic carbocycles. The fourth-order valence-electron chi connectivity index (χ4n) is 1.71. The number of aromatic amines is 2. The number of rotatable bonds is 4. The van der Waals surface area contributed by atoms with Gasteiger partial charge in [0.05, 0.1) is 5.92 Å². The topological polar surface area (TPSA) is 90.6 Å². The van der Waals surface area contributed by atoms with Crippen LogP contribution in [0.5, 0.6) is 0 Å². The molecule has 0 spiro atoms. The van der Waals surface area contributed by atoms with Gasteiger partial charge in [-0.05, 0) is 12.8 Å². The van der Waals surface area contributed by atoms with Gasteiger partial charge in [0.2, 0.25) is 5.91 Å². The van der Waals surface area contributed by atoms with E-state index in [2.05, 4.69) is 20.5 Å². The van der Waals surface area contributed by atoms with Gasteiger partial charge in [0, 0.05) is 13.0 Å². The van der Waals surface area contributed by atoms with Gasteiger partial charge in [-0.3, -0.25) is 9.78 Å². The van der Waals surface area contributed by atoms with Crippen molar-refractivity contribution in [3.05, 3.63) is 28.5 Å². The number of hydrogen-bond acceptors (Lipinski definition) is 3. The Hall–Kier alpha value is -1.85. The molecule has 1 unspecified atom stereocenters. The van der Waals surface area contributed by atoms with E-state index in [1.807, 2.05) is 12.2 Å². The summed E-state index contributed by atoms with van der Waals surface area (Å²) in [5.41, 5.74) is -0.319. The van der Waals surface area contributed by atoms with Crippen molar-refractivity contribution >= 4 is 5.91 Å². The molecule has 3 N–H and O–H groups in total. The number of nitrogens with zero attached hydrogens (tertiary/aromatic N) is 1. The second-order valence-electron chi connectivity index (χ2n) is 3.78. The van der Waals surface area contributed by atoms with Gasteiger partial charge in [-0.1, -0.05) is 12.2 Å². The molecule has 0 saturated carbocycles. The van der Waals surface area contributed by atoms with Gasteiger partial charge in [0.1, 0.15) is 5.82 Å². The lowest BCUT2D eigenvalue weighted by Gasteiger charge is -2.07. The number of allylic oxidation sites excluding steroid dienone is 1. The summed E-state index contributed by atoms with van der Waals surface area (Å²) in [5.74, 6) is 0.622. The highest BCUT2D eigenvalue weighted by Crippen LogP contribution is 2.16. The third-order valence-electron chi connectivity index (χ3n) is 2.56. The Balaban J connectivity index is 1.73. The Bertz CT molecular complexity index is 446. The molecule has 1 amide bonds. The Morgan fingerprint density at radius 1 is 1.62 bits per heavy atom. The van der Waals surface area contributed by atoms with Crippen molar-refractivity contribution in [2.24, 2.45) is 5.92 Å². The minimum Gasteiger partial charge on any atom is -0.355 e. The molecule has 0 radical (unpaired) electrons. The van der Waals surface area contributed by atoms with Crippen molar-refractivity contribution in [1.82, 2.24) is 20.5 Å². The van der Waals surface area contributed by atoms with Crippen molar-refractivity contribution in [1.29, 1.82) is 0 Å². The van der Waals surface area contributed by atoms with Gasteiger partial charge < -0.3 is 5.32 Å². The highest BCUT2D eigenvalue weighted by atomic mass is 16.2. The van der Waals surface area contributed by atoms with E-state index in [1.54, 1.807) is 0 Å². The highest BCUT2D eigenvalue weighted by Gasteiger charge is 2.17. The van der Waals surface area contributed by atoms with Crippen molar-refractivity contribution in [3.8, 4) is 0 Å². The number of H-pyrrole nitrogens is 2. The first-order valence-corrected chi connectivity index (χ1v) is 5.33. The number of carbonyl (C=O) groups excluding carboxylic acids is 1. The Labute approximate surface area is 92.1 Å². The minimum absolute atomic E-state index is 0.0123. The summed E-state index contributed by atoms with van der Waals surface area (Å²) in [6.07, 6.45) is 6.36. The first-order chi connectivity index (χ1) is 7.75. The van der Waals surface area contributed by atoms with E-state index in [0.717, 1.165) is 12.8 Å². The second kappa shape index (κ2) is 4.78. The summed E-state index contributed by atoms with van der Waals surface area (Å²) < 4.78 is 0. The second-order valence-corrected chi connectivity index (χ2v) is 3.78. The molecule has 6 nitrogen and oxygen atoms in total. The van der Waals surface area contributed by atoms with E-state index in [4.69, 9.17) is 0 Å². The zero-order chi connectivity index (χ0) is 11.4. The molecule has 2 rings (SSSR count). The summed E-state index contributed by atoms with van der Waals surface area (Å²) in [4.78, 5) is 24.8. The standard InChI is InChI=1S/C10H14N4O2/c15-9(7-3-1-2-4-7)11-6-5-8-12-10(16)14-13-8/h1,3,7H,2,4-6H2,(H,11,15)(H2,12,13,14,16). The third-order valence-corrected chi connectivity index (χ3v) is 2.56. The lowest BCUT2D eigenvalue weighted by atomic mass is 10.1. The summed E-state index contributed by atoms with van der Waals surface area (Å²) in [5, 5.41) is 8.84. The molecular formula is C10H14N4O2. The van der Waals surface area contributed by atoms with Gasteiger partial charge >= 0.3 is 5.69 Å². The number of carbonyl (C=O) groups is 1. The molecule has 0 saturated heterocycles. The van der Waals surface area contributed by atoms with Crippen LogP contribution in [0.3, 0.4) is 0 Å². The summed E-state index contributed by atoms with van der Waals surface area (Å²) in [6.45, 7) is 0.490. The molecule has 0 bridgehead atoms. The highest BCUT2D eigenvalue weighted by molar-refractivity contribution is 5.80. The molecule has 0 fully saturated rings. The first kappa shape index (κ1) is 10.7. The predicted octanol–water partition coefficient (Wildman–Crippen LogP) is -0.277. The maximum atomic E-state index is 11.6. The summed E-state index contributed by atoms with van der Waals surface area (Å²) in [7, 11) is 0. The van der Waals surface area contributed by atoms with E-state index in [9.17, 15) is 9.59 Å². The molecule has 0 aromatic carbocycles. The molecule has 1 aromatic heterocycles. The average Bonchev–Trinajstić information content (AvgIpc) is 2.89. The van der Waals surface area contributed by atoms with Crippen LogP contribution in [0, 0.1) is 5.92 Å². The number of amides is 1. The summed E-state index contributed by atoms with van der Waals surface area (Å²) in [6, 6.07) is 0. The fraction of sp³-hybridized carbons (Fsp3) is 0.500. The van der Waals surface area contributed by atoms with Crippen LogP contribution in [0.15, 0.2) is 16.9 Å². The molecule has 1 aromatic rings. The molecule has 1 atom stereocenters. The van der Waals surface area contributed by atoms with Crippen LogP contribution in [-0.2, 0) is 11.2 Å². The monoisotopic (exact) mass is 222 g/mol. The lowest BCUT2D eigenvalue weighted by Crippen LogP contribution is -2.30. The molecule has 1 aliphatic rings. The largest absolute Gasteiger partial charge is 0.355 e. The molecular weight excluding hydrogens is 208 g/mol. The first-order valence-electron chi connectivity index (χ1n) is 5.33. The van der Waals surface area contributed by atoms with Gasteiger partial charge in [0.25, 0.3) is 0 Å². The van der Waals surface area contributed by atoms with Gasteiger partial charge in [0.15, 0.2) is 0 Å². The van der Waals surface area contributed by atoms with Crippen molar-refractivity contribution in [2.45, 2.75) is 19.3 Å². The molecule has 6 heteroatoms. The van der Waals surface area contributed by atoms with Crippen LogP contribution in [0.25, 0.3) is 0 Å². The maximum Gasteiger partial charge on any atom is 0.340 e. The maximum absolute atomic E-state index is 11.6. The van der Waals surface area contributed by atoms with Crippen molar-refractivity contribution < 1.29 is 4.79 Å². The smallest absolute Gasteiger partial charge is 0.340 e. The Morgan fingerprint density at radius 2 is 2.50 bits per heavy atom. The van der Waals surface area contributed by atoms with E-state index < -0.39 is 0 Å². The van der Waals surface area contributed by atoms with Crippen LogP contribution in [-0.4, -0.2) is 27.6 Å². The average molecular weight is 222 g/mol. The Morgan fingerprint density at radius 3 is 3.12 bits per heavy atom. The fourth-order valence-corrected chi connectivity index (χ4v) is 1.71. The van der Waals surface area contributed by atoms with Crippen LogP contribution >= 0.6 is 0 Å². The van der Waals surface area contributed by atoms with Crippen molar-refractivity contribution in [2.75, 3.05) is 6.54 Å².